The molecule has 0 spiro atoms. The molecule has 0 N–H and O–H groups in total. The summed E-state index contributed by atoms with van der Waals surface area (Å²) in [6.45, 7) is 4.66. The molecule has 72 valence electrons. The lowest BCUT2D eigenvalue weighted by molar-refractivity contribution is 0.0162. The van der Waals surface area contributed by atoms with Crippen molar-refractivity contribution in [3.05, 3.63) is 0 Å². The molecule has 0 amide bonds. The fourth-order valence-corrected chi connectivity index (χ4v) is 3.73. The molecule has 0 aromatic carbocycles. The van der Waals surface area contributed by atoms with Crippen molar-refractivity contribution in [1.82, 2.24) is 0 Å². The van der Waals surface area contributed by atoms with Crippen molar-refractivity contribution in [2.24, 2.45) is 5.41 Å². The van der Waals surface area contributed by atoms with Gasteiger partial charge in [0.2, 0.25) is 9.05 Å². The summed E-state index contributed by atoms with van der Waals surface area (Å²) in [7, 11) is 1.87. The van der Waals surface area contributed by atoms with Crippen molar-refractivity contribution >= 4 is 19.7 Å². The van der Waals surface area contributed by atoms with E-state index in [1.54, 1.807) is 0 Å². The van der Waals surface area contributed by atoms with E-state index in [-0.39, 0.29) is 5.41 Å². The van der Waals surface area contributed by atoms with Gasteiger partial charge in [-0.15, -0.1) is 0 Å². The van der Waals surface area contributed by atoms with Crippen LogP contribution in [0, 0.1) is 5.41 Å². The summed E-state index contributed by atoms with van der Waals surface area (Å²) in [5, 5.41) is -0.472. The van der Waals surface area contributed by atoms with Crippen LogP contribution in [0.5, 0.6) is 0 Å². The van der Waals surface area contributed by atoms with Crippen LogP contribution in [0.3, 0.4) is 0 Å². The highest BCUT2D eigenvalue weighted by molar-refractivity contribution is 8.14. The lowest BCUT2D eigenvalue weighted by Crippen LogP contribution is -2.42. The molecule has 5 heteroatoms. The van der Waals surface area contributed by atoms with E-state index < -0.39 is 14.3 Å². The molecule has 1 atom stereocenters. The molecule has 0 aromatic rings. The Morgan fingerprint density at radius 1 is 1.50 bits per heavy atom. The predicted molar refractivity (Wildman–Crippen MR) is 47.8 cm³/mol. The number of hydrogen-bond acceptors (Lipinski definition) is 3. The molecule has 0 aromatic heterocycles. The van der Waals surface area contributed by atoms with Crippen molar-refractivity contribution in [3.63, 3.8) is 0 Å². The molecule has 1 aliphatic heterocycles. The second-order valence-electron chi connectivity index (χ2n) is 3.79. The molecule has 0 saturated carbocycles. The van der Waals surface area contributed by atoms with E-state index >= 15 is 0 Å². The van der Waals surface area contributed by atoms with Crippen LogP contribution in [0.2, 0.25) is 0 Å². The zero-order valence-electron chi connectivity index (χ0n) is 7.21. The Hall–Kier alpha value is 0.200. The van der Waals surface area contributed by atoms with Crippen molar-refractivity contribution < 1.29 is 13.2 Å². The van der Waals surface area contributed by atoms with Crippen molar-refractivity contribution in [2.45, 2.75) is 25.5 Å². The Labute approximate surface area is 77.5 Å². The Kier molecular flexibility index (Phi) is 2.71. The van der Waals surface area contributed by atoms with E-state index in [0.717, 1.165) is 0 Å². The highest BCUT2D eigenvalue weighted by Gasteiger charge is 2.40. The fourth-order valence-electron chi connectivity index (χ4n) is 1.53. The summed E-state index contributed by atoms with van der Waals surface area (Å²) in [4.78, 5) is 0. The fraction of sp³-hybridized carbons (Fsp3) is 1.00. The Morgan fingerprint density at radius 3 is 2.42 bits per heavy atom. The SMILES string of the molecule is CC1(C)COCCC1S(=O)(=O)Cl. The first-order valence-corrected chi connectivity index (χ1v) is 6.22. The highest BCUT2D eigenvalue weighted by Crippen LogP contribution is 2.34. The van der Waals surface area contributed by atoms with Crippen LogP contribution in [0.15, 0.2) is 0 Å². The van der Waals surface area contributed by atoms with Gasteiger partial charge >= 0.3 is 0 Å². The van der Waals surface area contributed by atoms with Crippen LogP contribution in [0.4, 0.5) is 0 Å². The van der Waals surface area contributed by atoms with Gasteiger partial charge in [0.1, 0.15) is 0 Å². The molecule has 3 nitrogen and oxygen atoms in total. The van der Waals surface area contributed by atoms with Gasteiger partial charge in [-0.2, -0.15) is 0 Å². The molecule has 0 bridgehead atoms. The van der Waals surface area contributed by atoms with E-state index in [9.17, 15) is 8.42 Å². The summed E-state index contributed by atoms with van der Waals surface area (Å²) < 4.78 is 27.4. The standard InChI is InChI=1S/C7H13ClO3S/c1-7(2)5-11-4-3-6(7)12(8,9)10/h6H,3-5H2,1-2H3. The van der Waals surface area contributed by atoms with Crippen LogP contribution < -0.4 is 0 Å². The molecule has 0 radical (unpaired) electrons. The Balaban J connectivity index is 2.88. The van der Waals surface area contributed by atoms with Crippen molar-refractivity contribution in [1.29, 1.82) is 0 Å². The van der Waals surface area contributed by atoms with Crippen LogP contribution in [0.1, 0.15) is 20.3 Å². The van der Waals surface area contributed by atoms with Gasteiger partial charge in [0, 0.05) is 22.7 Å². The first kappa shape index (κ1) is 10.3. The summed E-state index contributed by atoms with van der Waals surface area (Å²) in [6, 6.07) is 0. The third kappa shape index (κ3) is 2.12. The van der Waals surface area contributed by atoms with Crippen LogP contribution in [-0.4, -0.2) is 26.9 Å². The maximum absolute atomic E-state index is 11.1. The molecule has 1 saturated heterocycles. The normalized spacial score (nSPS) is 30.1. The number of hydrogen-bond donors (Lipinski definition) is 0. The van der Waals surface area contributed by atoms with Gasteiger partial charge in [0.25, 0.3) is 0 Å². The minimum atomic E-state index is -3.44. The van der Waals surface area contributed by atoms with Gasteiger partial charge in [0.05, 0.1) is 11.9 Å². The van der Waals surface area contributed by atoms with Crippen LogP contribution in [-0.2, 0) is 13.8 Å². The maximum atomic E-state index is 11.1. The summed E-state index contributed by atoms with van der Waals surface area (Å²) in [6.07, 6.45) is 0.499. The smallest absolute Gasteiger partial charge is 0.236 e. The third-order valence-electron chi connectivity index (χ3n) is 2.21. The molecule has 1 rings (SSSR count). The zero-order valence-corrected chi connectivity index (χ0v) is 8.78. The summed E-state index contributed by atoms with van der Waals surface area (Å²) >= 11 is 0. The van der Waals surface area contributed by atoms with Gasteiger partial charge in [0.15, 0.2) is 0 Å². The topological polar surface area (TPSA) is 43.4 Å². The minimum absolute atomic E-state index is 0.362. The van der Waals surface area contributed by atoms with Gasteiger partial charge < -0.3 is 4.74 Å². The molecular formula is C7H13ClO3S. The van der Waals surface area contributed by atoms with Gasteiger partial charge in [-0.05, 0) is 6.42 Å². The first-order valence-electron chi connectivity index (χ1n) is 3.85. The van der Waals surface area contributed by atoms with Crippen molar-refractivity contribution in [2.75, 3.05) is 13.2 Å². The monoisotopic (exact) mass is 212 g/mol. The van der Waals surface area contributed by atoms with E-state index in [0.29, 0.717) is 19.6 Å². The van der Waals surface area contributed by atoms with E-state index in [1.807, 2.05) is 13.8 Å². The second kappa shape index (κ2) is 3.16. The lowest BCUT2D eigenvalue weighted by Gasteiger charge is -2.35. The van der Waals surface area contributed by atoms with Crippen molar-refractivity contribution in [3.8, 4) is 0 Å². The van der Waals surface area contributed by atoms with Gasteiger partial charge in [-0.3, -0.25) is 0 Å². The van der Waals surface area contributed by atoms with Crippen LogP contribution >= 0.6 is 10.7 Å². The molecule has 1 aliphatic rings. The quantitative estimate of drug-likeness (QED) is 0.617. The summed E-state index contributed by atoms with van der Waals surface area (Å²) in [5.41, 5.74) is -0.362. The Morgan fingerprint density at radius 2 is 2.08 bits per heavy atom. The van der Waals surface area contributed by atoms with E-state index in [2.05, 4.69) is 0 Å². The first-order chi connectivity index (χ1) is 5.34. The lowest BCUT2D eigenvalue weighted by atomic mass is 9.87. The predicted octanol–water partition coefficient (Wildman–Crippen LogP) is 1.37. The molecule has 0 aliphatic carbocycles. The average Bonchev–Trinajstić information content (AvgIpc) is 1.83. The average molecular weight is 213 g/mol. The van der Waals surface area contributed by atoms with E-state index in [1.165, 1.54) is 0 Å². The second-order valence-corrected chi connectivity index (χ2v) is 6.60. The van der Waals surface area contributed by atoms with Gasteiger partial charge in [-0.25, -0.2) is 8.42 Å². The molecule has 1 fully saturated rings. The summed E-state index contributed by atoms with van der Waals surface area (Å²) in [5.74, 6) is 0. The molecule has 1 unspecified atom stereocenters. The molecular weight excluding hydrogens is 200 g/mol. The highest BCUT2D eigenvalue weighted by atomic mass is 35.7. The molecule has 1 heterocycles. The number of rotatable bonds is 1. The van der Waals surface area contributed by atoms with Crippen LogP contribution in [0.25, 0.3) is 0 Å². The zero-order chi connectivity index (χ0) is 9.41. The Bertz CT molecular complexity index is 258. The largest absolute Gasteiger partial charge is 0.381 e. The number of ether oxygens (including phenoxy) is 1. The van der Waals surface area contributed by atoms with E-state index in [4.69, 9.17) is 15.4 Å². The number of halogens is 1. The van der Waals surface area contributed by atoms with Gasteiger partial charge in [-0.1, -0.05) is 13.8 Å². The third-order valence-corrected chi connectivity index (χ3v) is 4.41. The minimum Gasteiger partial charge on any atom is -0.381 e. The maximum Gasteiger partial charge on any atom is 0.236 e. The molecule has 12 heavy (non-hydrogen) atoms.